The van der Waals surface area contributed by atoms with Gasteiger partial charge in [0.15, 0.2) is 0 Å². The highest BCUT2D eigenvalue weighted by atomic mass is 35.5. The highest BCUT2D eigenvalue weighted by Gasteiger charge is 2.18. The molecule has 0 aliphatic carbocycles. The zero-order chi connectivity index (χ0) is 14.7. The summed E-state index contributed by atoms with van der Waals surface area (Å²) in [6.07, 6.45) is 3.25. The van der Waals surface area contributed by atoms with Gasteiger partial charge < -0.3 is 5.32 Å². The van der Waals surface area contributed by atoms with Crippen LogP contribution in [-0.2, 0) is 6.42 Å². The summed E-state index contributed by atoms with van der Waals surface area (Å²) in [6, 6.07) is 1.08. The summed E-state index contributed by atoms with van der Waals surface area (Å²) in [6.45, 7) is 1.91. The minimum absolute atomic E-state index is 0.0717. The molecule has 2 aromatic rings. The van der Waals surface area contributed by atoms with E-state index in [1.54, 1.807) is 6.20 Å². The molecule has 0 aliphatic rings. The number of halogens is 1. The summed E-state index contributed by atoms with van der Waals surface area (Å²) < 4.78 is 0. The van der Waals surface area contributed by atoms with Crippen LogP contribution in [0.5, 0.6) is 0 Å². The van der Waals surface area contributed by atoms with Crippen LogP contribution in [0.3, 0.4) is 0 Å². The van der Waals surface area contributed by atoms with Gasteiger partial charge in [-0.15, -0.1) is 0 Å². The van der Waals surface area contributed by atoms with Crippen molar-refractivity contribution < 1.29 is 9.72 Å². The van der Waals surface area contributed by atoms with Crippen molar-refractivity contribution in [1.29, 1.82) is 0 Å². The number of nitrogens with one attached hydrogen (secondary N) is 2. The van der Waals surface area contributed by atoms with E-state index < -0.39 is 10.8 Å². The third-order valence-electron chi connectivity index (χ3n) is 2.62. The molecule has 0 aromatic carbocycles. The molecule has 0 saturated carbocycles. The lowest BCUT2D eigenvalue weighted by Gasteiger charge is -2.05. The summed E-state index contributed by atoms with van der Waals surface area (Å²) in [4.78, 5) is 25.7. The zero-order valence-electron chi connectivity index (χ0n) is 10.4. The van der Waals surface area contributed by atoms with Gasteiger partial charge in [-0.1, -0.05) is 18.5 Å². The second kappa shape index (κ2) is 5.66. The van der Waals surface area contributed by atoms with Crippen LogP contribution in [0.4, 0.5) is 11.5 Å². The fraction of sp³-hybridized carbons (Fsp3) is 0.182. The lowest BCUT2D eigenvalue weighted by Crippen LogP contribution is -2.14. The van der Waals surface area contributed by atoms with Crippen LogP contribution < -0.4 is 5.32 Å². The Bertz CT molecular complexity index is 670. The van der Waals surface area contributed by atoms with E-state index >= 15 is 0 Å². The SMILES string of the molecule is CCc1cn[nH]c1NC(=O)c1cc([N+](=O)[O-])cnc1Cl. The largest absolute Gasteiger partial charge is 0.307 e. The molecular weight excluding hydrogens is 286 g/mol. The number of carbonyl (C=O) groups excluding carboxylic acids is 1. The molecule has 20 heavy (non-hydrogen) atoms. The Morgan fingerprint density at radius 1 is 1.55 bits per heavy atom. The van der Waals surface area contributed by atoms with E-state index in [4.69, 9.17) is 11.6 Å². The predicted octanol–water partition coefficient (Wildman–Crippen LogP) is 2.18. The van der Waals surface area contributed by atoms with Crippen LogP contribution in [0, 0.1) is 10.1 Å². The van der Waals surface area contributed by atoms with Gasteiger partial charge in [0.05, 0.1) is 16.7 Å². The normalized spacial score (nSPS) is 10.3. The molecule has 0 radical (unpaired) electrons. The number of pyridine rings is 1. The van der Waals surface area contributed by atoms with E-state index in [-0.39, 0.29) is 16.4 Å². The van der Waals surface area contributed by atoms with E-state index in [0.717, 1.165) is 17.8 Å². The van der Waals surface area contributed by atoms with Gasteiger partial charge in [-0.05, 0) is 6.42 Å². The molecule has 2 N–H and O–H groups in total. The lowest BCUT2D eigenvalue weighted by atomic mass is 10.2. The molecule has 104 valence electrons. The Labute approximate surface area is 118 Å². The van der Waals surface area contributed by atoms with Gasteiger partial charge in [0.2, 0.25) is 0 Å². The highest BCUT2D eigenvalue weighted by Crippen LogP contribution is 2.21. The number of aromatic amines is 1. The smallest absolute Gasteiger partial charge is 0.288 e. The second-order valence-electron chi connectivity index (χ2n) is 3.87. The molecule has 0 aliphatic heterocycles. The predicted molar refractivity (Wildman–Crippen MR) is 71.8 cm³/mol. The Kier molecular flexibility index (Phi) is 3.94. The molecule has 2 heterocycles. The highest BCUT2D eigenvalue weighted by molar-refractivity contribution is 6.33. The molecule has 1 amide bonds. The summed E-state index contributed by atoms with van der Waals surface area (Å²) in [5.74, 6) is -0.162. The van der Waals surface area contributed by atoms with Gasteiger partial charge >= 0.3 is 0 Å². The number of anilines is 1. The van der Waals surface area contributed by atoms with Gasteiger partial charge in [0.1, 0.15) is 17.2 Å². The van der Waals surface area contributed by atoms with Crippen molar-refractivity contribution in [2.75, 3.05) is 5.32 Å². The van der Waals surface area contributed by atoms with Crippen LogP contribution in [0.25, 0.3) is 0 Å². The number of hydrogen-bond donors (Lipinski definition) is 2. The van der Waals surface area contributed by atoms with Crippen molar-refractivity contribution in [3.8, 4) is 0 Å². The Morgan fingerprint density at radius 3 is 2.95 bits per heavy atom. The van der Waals surface area contributed by atoms with Crippen molar-refractivity contribution in [2.45, 2.75) is 13.3 Å². The van der Waals surface area contributed by atoms with Crippen LogP contribution >= 0.6 is 11.6 Å². The van der Waals surface area contributed by atoms with Crippen LogP contribution in [0.2, 0.25) is 5.15 Å². The van der Waals surface area contributed by atoms with Crippen molar-refractivity contribution in [3.63, 3.8) is 0 Å². The first-order valence-corrected chi connectivity index (χ1v) is 6.04. The lowest BCUT2D eigenvalue weighted by molar-refractivity contribution is -0.385. The van der Waals surface area contributed by atoms with E-state index in [9.17, 15) is 14.9 Å². The van der Waals surface area contributed by atoms with Crippen LogP contribution in [0.15, 0.2) is 18.5 Å². The number of nitrogens with zero attached hydrogens (tertiary/aromatic N) is 3. The molecule has 8 nitrogen and oxygen atoms in total. The van der Waals surface area contributed by atoms with Crippen molar-refractivity contribution in [1.82, 2.24) is 15.2 Å². The van der Waals surface area contributed by atoms with E-state index in [1.807, 2.05) is 6.92 Å². The first kappa shape index (κ1) is 13.9. The molecule has 2 rings (SSSR count). The first-order valence-electron chi connectivity index (χ1n) is 5.66. The summed E-state index contributed by atoms with van der Waals surface area (Å²) in [7, 11) is 0. The Morgan fingerprint density at radius 2 is 2.30 bits per heavy atom. The molecule has 0 spiro atoms. The van der Waals surface area contributed by atoms with Crippen molar-refractivity contribution >= 4 is 29.0 Å². The number of aryl methyl sites for hydroxylation is 1. The number of hydrogen-bond acceptors (Lipinski definition) is 5. The minimum Gasteiger partial charge on any atom is -0.307 e. The monoisotopic (exact) mass is 295 g/mol. The summed E-state index contributed by atoms with van der Waals surface area (Å²) in [5, 5.41) is 19.6. The van der Waals surface area contributed by atoms with E-state index in [1.165, 1.54) is 0 Å². The zero-order valence-corrected chi connectivity index (χ0v) is 11.1. The third-order valence-corrected chi connectivity index (χ3v) is 2.92. The maximum atomic E-state index is 12.1. The first-order chi connectivity index (χ1) is 9.52. The average Bonchev–Trinajstić information content (AvgIpc) is 2.86. The molecule has 0 saturated heterocycles. The van der Waals surface area contributed by atoms with E-state index in [0.29, 0.717) is 12.2 Å². The standard InChI is InChI=1S/C11H10ClN5O3/c1-2-6-4-14-16-10(6)15-11(18)8-3-7(17(19)20)5-13-9(8)12/h3-5H,2H2,1H3,(H2,14,15,16,18). The molecule has 2 aromatic heterocycles. The molecule has 0 atom stereocenters. The molecule has 0 unspecified atom stereocenters. The number of carbonyl (C=O) groups is 1. The van der Waals surface area contributed by atoms with Gasteiger partial charge in [0.25, 0.3) is 11.6 Å². The summed E-state index contributed by atoms with van der Waals surface area (Å²) in [5.41, 5.74) is 0.435. The van der Waals surface area contributed by atoms with Crippen LogP contribution in [0.1, 0.15) is 22.8 Å². The van der Waals surface area contributed by atoms with E-state index in [2.05, 4.69) is 20.5 Å². The van der Waals surface area contributed by atoms with Gasteiger partial charge in [-0.3, -0.25) is 20.0 Å². The number of amides is 1. The van der Waals surface area contributed by atoms with Gasteiger partial charge in [-0.2, -0.15) is 5.10 Å². The molecular formula is C11H10ClN5O3. The number of aromatic nitrogens is 3. The summed E-state index contributed by atoms with van der Waals surface area (Å²) >= 11 is 5.79. The third kappa shape index (κ3) is 2.75. The number of H-pyrrole nitrogens is 1. The fourth-order valence-electron chi connectivity index (χ4n) is 1.56. The topological polar surface area (TPSA) is 114 Å². The average molecular weight is 296 g/mol. The van der Waals surface area contributed by atoms with Crippen molar-refractivity contribution in [3.05, 3.63) is 44.9 Å². The molecule has 9 heteroatoms. The Balaban J connectivity index is 2.29. The minimum atomic E-state index is -0.645. The van der Waals surface area contributed by atoms with Crippen LogP contribution in [-0.4, -0.2) is 26.0 Å². The molecule has 0 fully saturated rings. The number of rotatable bonds is 4. The molecule has 0 bridgehead atoms. The maximum Gasteiger partial charge on any atom is 0.288 e. The Hall–Kier alpha value is -2.48. The fourth-order valence-corrected chi connectivity index (χ4v) is 1.75. The second-order valence-corrected chi connectivity index (χ2v) is 4.22. The van der Waals surface area contributed by atoms with Crippen molar-refractivity contribution in [2.24, 2.45) is 0 Å². The quantitative estimate of drug-likeness (QED) is 0.510. The number of nitro groups is 1. The van der Waals surface area contributed by atoms with Gasteiger partial charge in [-0.25, -0.2) is 4.98 Å². The van der Waals surface area contributed by atoms with Gasteiger partial charge in [0, 0.05) is 11.6 Å². The maximum absolute atomic E-state index is 12.1.